The van der Waals surface area contributed by atoms with E-state index in [0.29, 0.717) is 29.6 Å². The molecule has 142 valence electrons. The van der Waals surface area contributed by atoms with E-state index >= 15 is 0 Å². The Bertz CT molecular complexity index is 1030. The van der Waals surface area contributed by atoms with E-state index in [4.69, 9.17) is 4.74 Å². The van der Waals surface area contributed by atoms with Crippen molar-refractivity contribution in [1.29, 1.82) is 0 Å². The van der Waals surface area contributed by atoms with Crippen LogP contribution in [-0.4, -0.2) is 27.3 Å². The molecule has 1 aliphatic heterocycles. The van der Waals surface area contributed by atoms with Gasteiger partial charge in [-0.05, 0) is 31.5 Å². The number of hydrogen-bond acceptors (Lipinski definition) is 5. The summed E-state index contributed by atoms with van der Waals surface area (Å²) in [5, 5.41) is 10.5. The van der Waals surface area contributed by atoms with Crippen LogP contribution in [0, 0.1) is 0 Å². The smallest absolute Gasteiger partial charge is 0.255 e. The molecule has 0 saturated carbocycles. The first-order valence-electron chi connectivity index (χ1n) is 9.14. The Hall–Kier alpha value is -3.61. The Labute approximate surface area is 163 Å². The highest BCUT2D eigenvalue weighted by Gasteiger charge is 2.33. The molecular formula is C21H21N5O2. The quantitative estimate of drug-likeness (QED) is 0.712. The number of aromatic nitrogens is 3. The number of allylic oxidation sites excluding steroid dienone is 1. The van der Waals surface area contributed by atoms with Crippen LogP contribution in [0.2, 0.25) is 0 Å². The molecule has 1 amide bonds. The van der Waals surface area contributed by atoms with Crippen LogP contribution in [0.1, 0.15) is 25.5 Å². The van der Waals surface area contributed by atoms with E-state index in [1.165, 1.54) is 6.33 Å². The molecule has 1 atom stereocenters. The van der Waals surface area contributed by atoms with Crippen molar-refractivity contribution < 1.29 is 9.53 Å². The molecule has 0 fully saturated rings. The summed E-state index contributed by atoms with van der Waals surface area (Å²) in [6.45, 7) is 4.30. The number of amides is 1. The van der Waals surface area contributed by atoms with Crippen molar-refractivity contribution in [3.63, 3.8) is 0 Å². The monoisotopic (exact) mass is 375 g/mol. The highest BCUT2D eigenvalue weighted by molar-refractivity contribution is 6.06. The topological polar surface area (TPSA) is 81.1 Å². The van der Waals surface area contributed by atoms with Crippen molar-refractivity contribution >= 4 is 17.5 Å². The number of rotatable bonds is 5. The molecule has 0 radical (unpaired) electrons. The standard InChI is InChI=1S/C21H21N5O2/c1-3-28-17-12-8-7-11-16(17)25-20(27)18-14(2)24-21-22-13-23-26(21)19(18)15-9-5-4-6-10-15/h4-13,19H,3H2,1-2H3,(H,25,27)(H,22,23,24)/t19-/m0/s1. The Balaban J connectivity index is 1.73. The van der Waals surface area contributed by atoms with Gasteiger partial charge in [-0.1, -0.05) is 42.5 Å². The third-order valence-corrected chi connectivity index (χ3v) is 4.59. The van der Waals surface area contributed by atoms with Crippen molar-refractivity contribution in [1.82, 2.24) is 14.8 Å². The van der Waals surface area contributed by atoms with Crippen LogP contribution in [-0.2, 0) is 4.79 Å². The zero-order chi connectivity index (χ0) is 19.5. The summed E-state index contributed by atoms with van der Waals surface area (Å²) in [6.07, 6.45) is 1.48. The van der Waals surface area contributed by atoms with Crippen molar-refractivity contribution in [2.75, 3.05) is 17.2 Å². The molecule has 4 rings (SSSR count). The minimum atomic E-state index is -0.376. The third kappa shape index (κ3) is 3.22. The number of hydrogen-bond donors (Lipinski definition) is 2. The zero-order valence-electron chi connectivity index (χ0n) is 15.7. The van der Waals surface area contributed by atoms with Crippen molar-refractivity contribution in [2.24, 2.45) is 0 Å². The molecule has 1 aliphatic rings. The number of nitrogens with one attached hydrogen (secondary N) is 2. The second-order valence-corrected chi connectivity index (χ2v) is 6.39. The Kier molecular flexibility index (Phi) is 4.80. The number of carbonyl (C=O) groups excluding carboxylic acids is 1. The lowest BCUT2D eigenvalue weighted by molar-refractivity contribution is -0.113. The molecule has 0 aliphatic carbocycles. The molecule has 7 nitrogen and oxygen atoms in total. The predicted octanol–water partition coefficient (Wildman–Crippen LogP) is 3.60. The van der Waals surface area contributed by atoms with Gasteiger partial charge < -0.3 is 15.4 Å². The molecule has 3 aromatic rings. The number of ether oxygens (including phenoxy) is 1. The lowest BCUT2D eigenvalue weighted by Gasteiger charge is -2.28. The van der Waals surface area contributed by atoms with Gasteiger partial charge in [0.1, 0.15) is 18.1 Å². The van der Waals surface area contributed by atoms with E-state index in [0.717, 1.165) is 11.3 Å². The fourth-order valence-corrected chi connectivity index (χ4v) is 3.37. The first-order valence-corrected chi connectivity index (χ1v) is 9.14. The molecule has 0 bridgehead atoms. The van der Waals surface area contributed by atoms with Crippen LogP contribution in [0.3, 0.4) is 0 Å². The van der Waals surface area contributed by atoms with E-state index in [1.54, 1.807) is 4.68 Å². The fourth-order valence-electron chi connectivity index (χ4n) is 3.37. The van der Waals surface area contributed by atoms with Crippen LogP contribution in [0.15, 0.2) is 72.2 Å². The Morgan fingerprint density at radius 2 is 1.93 bits per heavy atom. The average Bonchev–Trinajstić information content (AvgIpc) is 3.17. The van der Waals surface area contributed by atoms with Crippen LogP contribution in [0.5, 0.6) is 5.75 Å². The van der Waals surface area contributed by atoms with E-state index in [-0.39, 0.29) is 11.9 Å². The number of para-hydroxylation sites is 2. The first-order chi connectivity index (χ1) is 13.7. The molecule has 0 unspecified atom stereocenters. The van der Waals surface area contributed by atoms with Crippen LogP contribution < -0.4 is 15.4 Å². The minimum absolute atomic E-state index is 0.216. The molecule has 1 aromatic heterocycles. The molecule has 28 heavy (non-hydrogen) atoms. The molecule has 0 saturated heterocycles. The van der Waals surface area contributed by atoms with Gasteiger partial charge in [-0.25, -0.2) is 4.68 Å². The van der Waals surface area contributed by atoms with E-state index in [1.807, 2.05) is 68.4 Å². The third-order valence-electron chi connectivity index (χ3n) is 4.59. The van der Waals surface area contributed by atoms with Crippen molar-refractivity contribution in [3.05, 3.63) is 77.8 Å². The van der Waals surface area contributed by atoms with Gasteiger partial charge in [0.2, 0.25) is 5.95 Å². The molecular weight excluding hydrogens is 354 g/mol. The summed E-state index contributed by atoms with van der Waals surface area (Å²) in [5.74, 6) is 1.03. The van der Waals surface area contributed by atoms with Gasteiger partial charge in [0.15, 0.2) is 0 Å². The number of benzene rings is 2. The Morgan fingerprint density at radius 3 is 2.71 bits per heavy atom. The lowest BCUT2D eigenvalue weighted by Crippen LogP contribution is -2.31. The van der Waals surface area contributed by atoms with Gasteiger partial charge >= 0.3 is 0 Å². The second-order valence-electron chi connectivity index (χ2n) is 6.39. The van der Waals surface area contributed by atoms with Crippen molar-refractivity contribution in [3.8, 4) is 5.75 Å². The predicted molar refractivity (Wildman–Crippen MR) is 107 cm³/mol. The van der Waals surface area contributed by atoms with Gasteiger partial charge in [0, 0.05) is 5.70 Å². The molecule has 2 aromatic carbocycles. The largest absolute Gasteiger partial charge is 0.492 e. The molecule has 7 heteroatoms. The zero-order valence-corrected chi connectivity index (χ0v) is 15.7. The Morgan fingerprint density at radius 1 is 1.18 bits per heavy atom. The molecule has 2 heterocycles. The van der Waals surface area contributed by atoms with Gasteiger partial charge in [0.25, 0.3) is 5.91 Å². The summed E-state index contributed by atoms with van der Waals surface area (Å²) in [5.41, 5.74) is 2.90. The van der Waals surface area contributed by atoms with E-state index < -0.39 is 0 Å². The lowest BCUT2D eigenvalue weighted by atomic mass is 9.95. The van der Waals surface area contributed by atoms with Crippen LogP contribution in [0.25, 0.3) is 0 Å². The van der Waals surface area contributed by atoms with Gasteiger partial charge in [0.05, 0.1) is 17.9 Å². The summed E-state index contributed by atoms with van der Waals surface area (Å²) in [4.78, 5) is 17.6. The summed E-state index contributed by atoms with van der Waals surface area (Å²) < 4.78 is 7.36. The maximum absolute atomic E-state index is 13.3. The van der Waals surface area contributed by atoms with Crippen LogP contribution in [0.4, 0.5) is 11.6 Å². The maximum Gasteiger partial charge on any atom is 0.255 e. The van der Waals surface area contributed by atoms with Crippen molar-refractivity contribution in [2.45, 2.75) is 19.9 Å². The van der Waals surface area contributed by atoms with Gasteiger partial charge in [-0.15, -0.1) is 0 Å². The molecule has 2 N–H and O–H groups in total. The summed E-state index contributed by atoms with van der Waals surface area (Å²) in [6, 6.07) is 16.8. The number of nitrogens with zero attached hydrogens (tertiary/aromatic N) is 3. The highest BCUT2D eigenvalue weighted by Crippen LogP contribution is 2.35. The number of fused-ring (bicyclic) bond motifs is 1. The number of anilines is 2. The SMILES string of the molecule is CCOc1ccccc1NC(=O)C1=C(C)Nc2ncnn2[C@H]1c1ccccc1. The molecule has 0 spiro atoms. The number of carbonyl (C=O) groups is 1. The van der Waals surface area contributed by atoms with Crippen LogP contribution >= 0.6 is 0 Å². The second kappa shape index (κ2) is 7.56. The van der Waals surface area contributed by atoms with E-state index in [9.17, 15) is 4.79 Å². The highest BCUT2D eigenvalue weighted by atomic mass is 16.5. The van der Waals surface area contributed by atoms with Gasteiger partial charge in [-0.2, -0.15) is 10.1 Å². The summed E-state index contributed by atoms with van der Waals surface area (Å²) in [7, 11) is 0. The maximum atomic E-state index is 13.3. The fraction of sp³-hybridized carbons (Fsp3) is 0.190. The van der Waals surface area contributed by atoms with Gasteiger partial charge in [-0.3, -0.25) is 4.79 Å². The first kappa shape index (κ1) is 17.8. The minimum Gasteiger partial charge on any atom is -0.492 e. The average molecular weight is 375 g/mol. The normalized spacial score (nSPS) is 15.6. The summed E-state index contributed by atoms with van der Waals surface area (Å²) >= 11 is 0. The van der Waals surface area contributed by atoms with E-state index in [2.05, 4.69) is 20.7 Å².